The first-order valence-corrected chi connectivity index (χ1v) is 9.69. The highest BCUT2D eigenvalue weighted by molar-refractivity contribution is 6.16. The summed E-state index contributed by atoms with van der Waals surface area (Å²) in [7, 11) is 2.14. The standard InChI is InChI=1S/C21H23N5O2/c1-24-11-8-21(13-24)9-12-25(14-21)20(28)26-17-7-3-2-6-16(17)23-19(27)15-5-4-10-22-18(15)26/h2-7,10H,8-9,11-14H2,1H3,(H,23,27)/t21-/m1/s1. The molecule has 28 heavy (non-hydrogen) atoms. The van der Waals surface area contributed by atoms with Crippen molar-refractivity contribution < 1.29 is 9.59 Å². The van der Waals surface area contributed by atoms with Gasteiger partial charge in [-0.05, 0) is 50.7 Å². The Morgan fingerprint density at radius 2 is 1.93 bits per heavy atom. The largest absolute Gasteiger partial charge is 0.330 e. The first-order chi connectivity index (χ1) is 13.6. The van der Waals surface area contributed by atoms with Crippen molar-refractivity contribution >= 4 is 29.1 Å². The molecule has 4 heterocycles. The summed E-state index contributed by atoms with van der Waals surface area (Å²) in [4.78, 5) is 36.6. The first-order valence-electron chi connectivity index (χ1n) is 9.69. The molecule has 3 amide bonds. The van der Waals surface area contributed by atoms with Gasteiger partial charge in [0.15, 0.2) is 5.82 Å². The maximum atomic E-state index is 13.7. The summed E-state index contributed by atoms with van der Waals surface area (Å²) in [5, 5.41) is 2.91. The SMILES string of the molecule is CN1CC[C@@]2(CCN(C(=O)N3c4ccccc4NC(=O)c4cccnc43)C2)C1. The zero-order valence-electron chi connectivity index (χ0n) is 15.9. The van der Waals surface area contributed by atoms with Gasteiger partial charge in [-0.1, -0.05) is 12.1 Å². The van der Waals surface area contributed by atoms with E-state index in [9.17, 15) is 9.59 Å². The van der Waals surface area contributed by atoms with Gasteiger partial charge in [0.25, 0.3) is 5.91 Å². The van der Waals surface area contributed by atoms with E-state index >= 15 is 0 Å². The molecule has 0 aliphatic carbocycles. The van der Waals surface area contributed by atoms with Gasteiger partial charge < -0.3 is 15.1 Å². The van der Waals surface area contributed by atoms with Crippen LogP contribution in [0.3, 0.4) is 0 Å². The van der Waals surface area contributed by atoms with Crippen molar-refractivity contribution in [1.82, 2.24) is 14.8 Å². The summed E-state index contributed by atoms with van der Waals surface area (Å²) in [6, 6.07) is 10.7. The maximum absolute atomic E-state index is 13.7. The average molecular weight is 377 g/mol. The molecule has 3 aliphatic heterocycles. The number of aromatic nitrogens is 1. The Morgan fingerprint density at radius 1 is 1.11 bits per heavy atom. The third-order valence-electron chi connectivity index (χ3n) is 6.17. The summed E-state index contributed by atoms with van der Waals surface area (Å²) in [6.45, 7) is 3.59. The monoisotopic (exact) mass is 377 g/mol. The normalized spacial score (nSPS) is 24.1. The van der Waals surface area contributed by atoms with Crippen molar-refractivity contribution in [3.05, 3.63) is 48.2 Å². The second-order valence-electron chi connectivity index (χ2n) is 8.12. The number of benzene rings is 1. The molecule has 3 aliphatic rings. The second-order valence-corrected chi connectivity index (χ2v) is 8.12. The Labute approximate surface area is 163 Å². The fourth-order valence-electron chi connectivity index (χ4n) is 4.76. The van der Waals surface area contributed by atoms with Crippen LogP contribution < -0.4 is 10.2 Å². The predicted octanol–water partition coefficient (Wildman–Crippen LogP) is 2.93. The van der Waals surface area contributed by atoms with Gasteiger partial charge in [-0.25, -0.2) is 14.7 Å². The molecule has 144 valence electrons. The van der Waals surface area contributed by atoms with E-state index in [0.29, 0.717) is 22.8 Å². The Bertz CT molecular complexity index is 961. The van der Waals surface area contributed by atoms with Crippen molar-refractivity contribution in [3.63, 3.8) is 0 Å². The van der Waals surface area contributed by atoms with E-state index in [2.05, 4.69) is 22.2 Å². The quantitative estimate of drug-likeness (QED) is 0.766. The van der Waals surface area contributed by atoms with Gasteiger partial charge in [0.05, 0.1) is 16.9 Å². The number of hydrogen-bond acceptors (Lipinski definition) is 4. The molecule has 1 aromatic carbocycles. The van der Waals surface area contributed by atoms with E-state index in [-0.39, 0.29) is 17.4 Å². The van der Waals surface area contributed by atoms with Crippen LogP contribution in [-0.4, -0.2) is 59.9 Å². The number of urea groups is 1. The number of likely N-dealkylation sites (tertiary alicyclic amines) is 2. The summed E-state index contributed by atoms with van der Waals surface area (Å²) in [5.41, 5.74) is 1.87. The molecular formula is C21H23N5O2. The number of rotatable bonds is 0. The second kappa shape index (κ2) is 6.31. The molecule has 1 aromatic heterocycles. The summed E-state index contributed by atoms with van der Waals surface area (Å²) >= 11 is 0. The molecule has 2 saturated heterocycles. The van der Waals surface area contributed by atoms with Crippen LogP contribution in [0.25, 0.3) is 0 Å². The van der Waals surface area contributed by atoms with Crippen molar-refractivity contribution in [2.75, 3.05) is 43.4 Å². The number of carbonyl (C=O) groups is 2. The van der Waals surface area contributed by atoms with Gasteiger partial charge in [0.1, 0.15) is 0 Å². The van der Waals surface area contributed by atoms with Gasteiger partial charge >= 0.3 is 6.03 Å². The summed E-state index contributed by atoms with van der Waals surface area (Å²) in [5.74, 6) is 0.139. The number of fused-ring (bicyclic) bond motifs is 2. The highest BCUT2D eigenvalue weighted by Crippen LogP contribution is 2.42. The van der Waals surface area contributed by atoms with E-state index in [0.717, 1.165) is 39.0 Å². The number of pyridine rings is 1. The molecule has 1 N–H and O–H groups in total. The van der Waals surface area contributed by atoms with Crippen LogP contribution in [0, 0.1) is 5.41 Å². The van der Waals surface area contributed by atoms with E-state index in [1.54, 1.807) is 23.2 Å². The van der Waals surface area contributed by atoms with Crippen LogP contribution in [0.5, 0.6) is 0 Å². The van der Waals surface area contributed by atoms with Crippen molar-refractivity contribution in [3.8, 4) is 0 Å². The summed E-state index contributed by atoms with van der Waals surface area (Å²) < 4.78 is 0. The van der Waals surface area contributed by atoms with E-state index in [1.165, 1.54) is 0 Å². The van der Waals surface area contributed by atoms with Crippen LogP contribution in [0.15, 0.2) is 42.6 Å². The highest BCUT2D eigenvalue weighted by Gasteiger charge is 2.45. The minimum atomic E-state index is -0.249. The van der Waals surface area contributed by atoms with Gasteiger partial charge in [-0.3, -0.25) is 4.79 Å². The van der Waals surface area contributed by atoms with Crippen LogP contribution in [0.2, 0.25) is 0 Å². The van der Waals surface area contributed by atoms with Crippen LogP contribution >= 0.6 is 0 Å². The summed E-state index contributed by atoms with van der Waals surface area (Å²) in [6.07, 6.45) is 3.77. The van der Waals surface area contributed by atoms with Gasteiger partial charge in [0, 0.05) is 31.2 Å². The smallest absolute Gasteiger partial charge is 0.323 e. The number of anilines is 3. The molecule has 5 rings (SSSR count). The lowest BCUT2D eigenvalue weighted by Gasteiger charge is -2.29. The Morgan fingerprint density at radius 3 is 2.75 bits per heavy atom. The van der Waals surface area contributed by atoms with Gasteiger partial charge in [-0.2, -0.15) is 0 Å². The highest BCUT2D eigenvalue weighted by atomic mass is 16.2. The van der Waals surface area contributed by atoms with E-state index in [1.807, 2.05) is 29.2 Å². The maximum Gasteiger partial charge on any atom is 0.330 e. The zero-order valence-corrected chi connectivity index (χ0v) is 15.9. The Balaban J connectivity index is 1.55. The van der Waals surface area contributed by atoms with Crippen molar-refractivity contribution in [2.45, 2.75) is 12.8 Å². The van der Waals surface area contributed by atoms with Crippen molar-refractivity contribution in [2.24, 2.45) is 5.41 Å². The van der Waals surface area contributed by atoms with E-state index < -0.39 is 0 Å². The van der Waals surface area contributed by atoms with Crippen LogP contribution in [0.1, 0.15) is 23.2 Å². The Hall–Kier alpha value is -2.93. The fraction of sp³-hybridized carbons (Fsp3) is 0.381. The third-order valence-corrected chi connectivity index (χ3v) is 6.17. The molecule has 2 aromatic rings. The number of para-hydroxylation sites is 2. The predicted molar refractivity (Wildman–Crippen MR) is 107 cm³/mol. The lowest BCUT2D eigenvalue weighted by atomic mass is 9.86. The molecule has 7 heteroatoms. The van der Waals surface area contributed by atoms with Crippen LogP contribution in [0.4, 0.5) is 22.0 Å². The number of carbonyl (C=O) groups excluding carboxylic acids is 2. The molecule has 2 fully saturated rings. The number of amides is 3. The lowest BCUT2D eigenvalue weighted by Crippen LogP contribution is -2.41. The Kier molecular flexibility index (Phi) is 3.87. The van der Waals surface area contributed by atoms with Crippen molar-refractivity contribution in [1.29, 1.82) is 0 Å². The molecule has 0 radical (unpaired) electrons. The third kappa shape index (κ3) is 2.65. The fourth-order valence-corrected chi connectivity index (χ4v) is 4.76. The minimum absolute atomic E-state index is 0.115. The molecular weight excluding hydrogens is 354 g/mol. The zero-order chi connectivity index (χ0) is 19.3. The molecule has 0 saturated carbocycles. The molecule has 0 bridgehead atoms. The number of nitrogens with one attached hydrogen (secondary N) is 1. The van der Waals surface area contributed by atoms with E-state index in [4.69, 9.17) is 0 Å². The number of nitrogens with zero attached hydrogens (tertiary/aromatic N) is 4. The van der Waals surface area contributed by atoms with Gasteiger partial charge in [0.2, 0.25) is 0 Å². The molecule has 1 spiro atoms. The van der Waals surface area contributed by atoms with Crippen LogP contribution in [-0.2, 0) is 0 Å². The molecule has 7 nitrogen and oxygen atoms in total. The topological polar surface area (TPSA) is 68.8 Å². The first kappa shape index (κ1) is 17.2. The lowest BCUT2D eigenvalue weighted by molar-refractivity contribution is 0.102. The molecule has 1 atom stereocenters. The minimum Gasteiger partial charge on any atom is -0.323 e. The molecule has 0 unspecified atom stereocenters. The van der Waals surface area contributed by atoms with Gasteiger partial charge in [-0.15, -0.1) is 0 Å². The number of hydrogen-bond donors (Lipinski definition) is 1. The average Bonchev–Trinajstić information content (AvgIpc) is 3.25.